The Hall–Kier alpha value is -3.67. The third kappa shape index (κ3) is 5.70. The lowest BCUT2D eigenvalue weighted by Gasteiger charge is -2.35. The molecule has 1 saturated heterocycles. The largest absolute Gasteiger partial charge is 0.484 e. The number of halogens is 1. The Bertz CT molecular complexity index is 1510. The fourth-order valence-electron chi connectivity index (χ4n) is 4.62. The molecule has 1 fully saturated rings. The smallest absolute Gasteiger partial charge is 0.319 e. The van der Waals surface area contributed by atoms with Gasteiger partial charge in [-0.05, 0) is 19.1 Å². The Labute approximate surface area is 235 Å². The van der Waals surface area contributed by atoms with Crippen LogP contribution in [-0.2, 0) is 6.54 Å². The average Bonchev–Trinajstić information content (AvgIpc) is 3.53. The fraction of sp³-hybridized carbons (Fsp3) is 0.333. The quantitative estimate of drug-likeness (QED) is 0.359. The molecule has 1 aromatic carbocycles. The van der Waals surface area contributed by atoms with Gasteiger partial charge in [-0.3, -0.25) is 19.2 Å². The number of aromatic nitrogens is 3. The number of urea groups is 1. The molecule has 3 amide bonds. The molecule has 0 unspecified atom stereocenters. The highest BCUT2D eigenvalue weighted by atomic mass is 35.5. The molecule has 2 N–H and O–H groups in total. The molecule has 0 spiro atoms. The summed E-state index contributed by atoms with van der Waals surface area (Å²) in [7, 11) is 3.54. The number of thiophene rings is 1. The number of benzene rings is 1. The summed E-state index contributed by atoms with van der Waals surface area (Å²) in [6, 6.07) is 11.3. The molecule has 0 radical (unpaired) electrons. The van der Waals surface area contributed by atoms with E-state index < -0.39 is 5.91 Å². The Balaban J connectivity index is 1.37. The van der Waals surface area contributed by atoms with Gasteiger partial charge in [-0.2, -0.15) is 0 Å². The molecule has 5 rings (SSSR count). The van der Waals surface area contributed by atoms with E-state index in [1.54, 1.807) is 43.7 Å². The normalized spacial score (nSPS) is 14.9. The standard InChI is InChI=1S/C27H30ClN7O3S/c1-17(19-6-4-5-7-20(19)28)38-23-13-24(39-25(23)26(29)36)35-16-31-21-14-30-18(12-22(21)35)15-33-8-10-34(11-9-33)27(37)32(2)3/h4-7,12-14,16-17H,8-11,15H2,1-3H3,(H2,29,36)/t17-/m1/s1. The lowest BCUT2D eigenvalue weighted by atomic mass is 10.1. The van der Waals surface area contributed by atoms with Crippen LogP contribution >= 0.6 is 22.9 Å². The van der Waals surface area contributed by atoms with Gasteiger partial charge >= 0.3 is 6.03 Å². The van der Waals surface area contributed by atoms with Gasteiger partial charge in [0.25, 0.3) is 5.91 Å². The lowest BCUT2D eigenvalue weighted by molar-refractivity contribution is 0.0998. The SMILES string of the molecule is C[C@@H](Oc1cc(-n2cnc3cnc(CN4CCN(C(=O)N(C)C)CC4)cc32)sc1C(N)=O)c1ccccc1Cl. The Morgan fingerprint density at radius 3 is 2.59 bits per heavy atom. The van der Waals surface area contributed by atoms with E-state index in [9.17, 15) is 9.59 Å². The highest BCUT2D eigenvalue weighted by Crippen LogP contribution is 2.37. The first-order chi connectivity index (χ1) is 18.7. The van der Waals surface area contributed by atoms with Crippen LogP contribution < -0.4 is 10.5 Å². The Morgan fingerprint density at radius 1 is 1.15 bits per heavy atom. The number of nitrogens with two attached hydrogens (primary N) is 1. The molecule has 0 bridgehead atoms. The molecule has 1 aliphatic rings. The third-order valence-corrected chi connectivity index (χ3v) is 8.17. The number of primary amides is 1. The van der Waals surface area contributed by atoms with E-state index in [0.29, 0.717) is 35.3 Å². The number of piperazine rings is 1. The van der Waals surface area contributed by atoms with Crippen molar-refractivity contribution in [1.82, 2.24) is 29.2 Å². The zero-order valence-corrected chi connectivity index (χ0v) is 23.6. The number of rotatable bonds is 7. The fourth-order valence-corrected chi connectivity index (χ4v) is 5.84. The molecule has 0 saturated carbocycles. The van der Waals surface area contributed by atoms with E-state index in [-0.39, 0.29) is 12.1 Å². The van der Waals surface area contributed by atoms with Crippen LogP contribution in [0.3, 0.4) is 0 Å². The molecular weight excluding hydrogens is 538 g/mol. The van der Waals surface area contributed by atoms with E-state index >= 15 is 0 Å². The van der Waals surface area contributed by atoms with Gasteiger partial charge in [0.15, 0.2) is 0 Å². The number of ether oxygens (including phenoxy) is 1. The van der Waals surface area contributed by atoms with Crippen LogP contribution in [0.5, 0.6) is 5.75 Å². The van der Waals surface area contributed by atoms with Crippen molar-refractivity contribution < 1.29 is 14.3 Å². The number of carbonyl (C=O) groups is 2. The van der Waals surface area contributed by atoms with Crippen LogP contribution in [0.2, 0.25) is 5.02 Å². The van der Waals surface area contributed by atoms with Crippen molar-refractivity contribution in [2.24, 2.45) is 5.73 Å². The van der Waals surface area contributed by atoms with Gasteiger partial charge in [-0.25, -0.2) is 9.78 Å². The second kappa shape index (κ2) is 11.2. The van der Waals surface area contributed by atoms with Gasteiger partial charge in [-0.15, -0.1) is 11.3 Å². The first-order valence-electron chi connectivity index (χ1n) is 12.6. The van der Waals surface area contributed by atoms with Gasteiger partial charge in [0.05, 0.1) is 17.4 Å². The third-order valence-electron chi connectivity index (χ3n) is 6.69. The molecule has 39 heavy (non-hydrogen) atoms. The number of imidazole rings is 1. The van der Waals surface area contributed by atoms with E-state index in [1.807, 2.05) is 40.7 Å². The summed E-state index contributed by atoms with van der Waals surface area (Å²) in [6.07, 6.45) is 3.08. The minimum Gasteiger partial charge on any atom is -0.484 e. The lowest BCUT2D eigenvalue weighted by Crippen LogP contribution is -2.51. The summed E-state index contributed by atoms with van der Waals surface area (Å²) in [5.41, 5.74) is 9.02. The number of amides is 3. The van der Waals surface area contributed by atoms with Crippen LogP contribution in [0, 0.1) is 0 Å². The molecule has 4 heterocycles. The van der Waals surface area contributed by atoms with Crippen molar-refractivity contribution >= 4 is 45.9 Å². The molecule has 3 aromatic heterocycles. The maximum absolute atomic E-state index is 12.3. The zero-order chi connectivity index (χ0) is 27.7. The van der Waals surface area contributed by atoms with Crippen molar-refractivity contribution in [1.29, 1.82) is 0 Å². The summed E-state index contributed by atoms with van der Waals surface area (Å²) in [6.45, 7) is 5.44. The van der Waals surface area contributed by atoms with Gasteiger partial charge in [0, 0.05) is 63.5 Å². The topological polar surface area (TPSA) is 110 Å². The zero-order valence-electron chi connectivity index (χ0n) is 22.0. The van der Waals surface area contributed by atoms with E-state index in [0.717, 1.165) is 40.4 Å². The van der Waals surface area contributed by atoms with Crippen LogP contribution in [0.15, 0.2) is 48.9 Å². The number of pyridine rings is 1. The van der Waals surface area contributed by atoms with Crippen LogP contribution in [-0.4, -0.2) is 81.4 Å². The predicted octanol–water partition coefficient (Wildman–Crippen LogP) is 4.17. The maximum Gasteiger partial charge on any atom is 0.319 e. The molecule has 1 atom stereocenters. The number of nitrogens with zero attached hydrogens (tertiary/aromatic N) is 6. The van der Waals surface area contributed by atoms with Crippen molar-refractivity contribution in [3.8, 4) is 10.8 Å². The van der Waals surface area contributed by atoms with Crippen LogP contribution in [0.4, 0.5) is 4.79 Å². The minimum absolute atomic E-state index is 0.0361. The Morgan fingerprint density at radius 2 is 1.90 bits per heavy atom. The molecular formula is C27H30ClN7O3S. The minimum atomic E-state index is -0.564. The van der Waals surface area contributed by atoms with Crippen LogP contribution in [0.1, 0.15) is 34.0 Å². The molecule has 4 aromatic rings. The molecule has 0 aliphatic carbocycles. The molecule has 204 valence electrons. The highest BCUT2D eigenvalue weighted by molar-refractivity contribution is 7.16. The van der Waals surface area contributed by atoms with E-state index in [2.05, 4.69) is 14.9 Å². The first kappa shape index (κ1) is 26.9. The predicted molar refractivity (Wildman–Crippen MR) is 152 cm³/mol. The molecule has 10 nitrogen and oxygen atoms in total. The summed E-state index contributed by atoms with van der Waals surface area (Å²) >= 11 is 7.59. The monoisotopic (exact) mass is 567 g/mol. The average molecular weight is 568 g/mol. The van der Waals surface area contributed by atoms with E-state index in [1.165, 1.54) is 11.3 Å². The first-order valence-corrected chi connectivity index (χ1v) is 13.8. The second-order valence-corrected chi connectivity index (χ2v) is 11.1. The number of hydrogen-bond acceptors (Lipinski definition) is 7. The van der Waals surface area contributed by atoms with Crippen molar-refractivity contribution in [2.75, 3.05) is 40.3 Å². The highest BCUT2D eigenvalue weighted by Gasteiger charge is 2.24. The number of carbonyl (C=O) groups excluding carboxylic acids is 2. The summed E-state index contributed by atoms with van der Waals surface area (Å²) in [5, 5.41) is 1.34. The van der Waals surface area contributed by atoms with Gasteiger partial charge < -0.3 is 20.3 Å². The maximum atomic E-state index is 12.3. The van der Waals surface area contributed by atoms with Crippen molar-refractivity contribution in [2.45, 2.75) is 19.6 Å². The Kier molecular flexibility index (Phi) is 7.74. The van der Waals surface area contributed by atoms with Crippen LogP contribution in [0.25, 0.3) is 16.0 Å². The van der Waals surface area contributed by atoms with E-state index in [4.69, 9.17) is 22.1 Å². The summed E-state index contributed by atoms with van der Waals surface area (Å²) < 4.78 is 8.09. The molecule has 12 heteroatoms. The molecule has 1 aliphatic heterocycles. The van der Waals surface area contributed by atoms with Crippen molar-refractivity contribution in [3.05, 3.63) is 70.1 Å². The van der Waals surface area contributed by atoms with Gasteiger partial charge in [0.1, 0.15) is 33.6 Å². The summed E-state index contributed by atoms with van der Waals surface area (Å²) in [5.74, 6) is -0.164. The van der Waals surface area contributed by atoms with Crippen molar-refractivity contribution in [3.63, 3.8) is 0 Å². The summed E-state index contributed by atoms with van der Waals surface area (Å²) in [4.78, 5) is 39.7. The number of hydrogen-bond donors (Lipinski definition) is 1. The van der Waals surface area contributed by atoms with Gasteiger partial charge in [0.2, 0.25) is 0 Å². The second-order valence-electron chi connectivity index (χ2n) is 9.64. The number of fused-ring (bicyclic) bond motifs is 1. The van der Waals surface area contributed by atoms with Gasteiger partial charge in [-0.1, -0.05) is 29.8 Å².